The number of para-hydroxylation sites is 1. The summed E-state index contributed by atoms with van der Waals surface area (Å²) in [5.41, 5.74) is 2.32. The molecule has 1 aromatic heterocycles. The molecule has 0 aliphatic rings. The number of benzene rings is 3. The smallest absolute Gasteiger partial charge is 0.262 e. The highest BCUT2D eigenvalue weighted by molar-refractivity contribution is 9.10. The van der Waals surface area contributed by atoms with E-state index in [0.717, 1.165) is 10.0 Å². The summed E-state index contributed by atoms with van der Waals surface area (Å²) in [5, 5.41) is 3.79. The molecule has 140 valence electrons. The summed E-state index contributed by atoms with van der Waals surface area (Å²) < 4.78 is 12.3. The van der Waals surface area contributed by atoms with Crippen LogP contribution in [0.1, 0.15) is 5.56 Å². The highest BCUT2D eigenvalue weighted by Crippen LogP contribution is 2.24. The number of hydrogen-bond acceptors (Lipinski definition) is 4. The minimum absolute atomic E-state index is 0.0867. The molecule has 0 saturated carbocycles. The molecular formula is C22H16BrNO4. The summed E-state index contributed by atoms with van der Waals surface area (Å²) in [6.45, 7) is 1.77. The SMILES string of the molecule is Cc1cccc2c(=O)c3ccc(NC(=O)COc4ccc(Br)cc4)cc3oc12. The zero-order valence-electron chi connectivity index (χ0n) is 15.0. The summed E-state index contributed by atoms with van der Waals surface area (Å²) in [7, 11) is 0. The standard InChI is InChI=1S/C22H16BrNO4/c1-13-3-2-4-18-21(26)17-10-7-15(11-19(17)28-22(13)18)24-20(25)12-27-16-8-5-14(23)6-9-16/h2-11H,12H2,1H3,(H,24,25). The normalized spacial score (nSPS) is 10.9. The highest BCUT2D eigenvalue weighted by atomic mass is 79.9. The topological polar surface area (TPSA) is 68.5 Å². The molecule has 4 rings (SSSR count). The molecule has 0 bridgehead atoms. The third-order valence-electron chi connectivity index (χ3n) is 4.36. The zero-order valence-corrected chi connectivity index (χ0v) is 16.6. The van der Waals surface area contributed by atoms with Crippen molar-refractivity contribution in [3.8, 4) is 5.75 Å². The lowest BCUT2D eigenvalue weighted by molar-refractivity contribution is -0.118. The van der Waals surface area contributed by atoms with E-state index >= 15 is 0 Å². The Hall–Kier alpha value is -3.12. The van der Waals surface area contributed by atoms with Gasteiger partial charge in [-0.05, 0) is 55.0 Å². The van der Waals surface area contributed by atoms with E-state index < -0.39 is 0 Å². The Balaban J connectivity index is 1.56. The van der Waals surface area contributed by atoms with Crippen molar-refractivity contribution >= 4 is 49.5 Å². The van der Waals surface area contributed by atoms with E-state index in [-0.39, 0.29) is 17.9 Å². The van der Waals surface area contributed by atoms with Gasteiger partial charge in [0.15, 0.2) is 6.61 Å². The predicted molar refractivity (Wildman–Crippen MR) is 113 cm³/mol. The summed E-state index contributed by atoms with van der Waals surface area (Å²) in [5.74, 6) is 0.298. The van der Waals surface area contributed by atoms with Crippen LogP contribution in [0.3, 0.4) is 0 Å². The summed E-state index contributed by atoms with van der Waals surface area (Å²) >= 11 is 3.35. The van der Waals surface area contributed by atoms with Gasteiger partial charge in [-0.1, -0.05) is 28.1 Å². The van der Waals surface area contributed by atoms with Crippen LogP contribution in [0.4, 0.5) is 5.69 Å². The molecule has 0 aliphatic carbocycles. The van der Waals surface area contributed by atoms with Gasteiger partial charge in [-0.3, -0.25) is 9.59 Å². The summed E-state index contributed by atoms with van der Waals surface area (Å²) in [4.78, 5) is 24.9. The molecule has 0 aliphatic heterocycles. The van der Waals surface area contributed by atoms with Crippen molar-refractivity contribution in [2.24, 2.45) is 0 Å². The fourth-order valence-corrected chi connectivity index (χ4v) is 3.24. The van der Waals surface area contributed by atoms with Crippen molar-refractivity contribution in [2.45, 2.75) is 6.92 Å². The molecule has 0 unspecified atom stereocenters. The van der Waals surface area contributed by atoms with Gasteiger partial charge in [0.1, 0.15) is 16.9 Å². The third kappa shape index (κ3) is 3.64. The number of halogens is 1. The minimum atomic E-state index is -0.304. The number of anilines is 1. The maximum absolute atomic E-state index is 12.7. The maximum atomic E-state index is 12.7. The van der Waals surface area contributed by atoms with Crippen LogP contribution in [0.25, 0.3) is 21.9 Å². The van der Waals surface area contributed by atoms with Crippen LogP contribution in [0.15, 0.2) is 74.3 Å². The molecule has 28 heavy (non-hydrogen) atoms. The number of rotatable bonds is 4. The van der Waals surface area contributed by atoms with Crippen LogP contribution in [-0.4, -0.2) is 12.5 Å². The van der Waals surface area contributed by atoms with Crippen LogP contribution in [0.2, 0.25) is 0 Å². The van der Waals surface area contributed by atoms with Crippen molar-refractivity contribution in [1.82, 2.24) is 0 Å². The van der Waals surface area contributed by atoms with E-state index in [0.29, 0.717) is 33.4 Å². The molecule has 1 heterocycles. The molecule has 6 heteroatoms. The van der Waals surface area contributed by atoms with E-state index in [9.17, 15) is 9.59 Å². The molecule has 0 atom stereocenters. The number of fused-ring (bicyclic) bond motifs is 2. The lowest BCUT2D eigenvalue weighted by Crippen LogP contribution is -2.20. The Morgan fingerprint density at radius 1 is 1.07 bits per heavy atom. The predicted octanol–water partition coefficient (Wildman–Crippen LogP) is 5.03. The first-order chi connectivity index (χ1) is 13.5. The lowest BCUT2D eigenvalue weighted by Gasteiger charge is -2.09. The number of carbonyl (C=O) groups excluding carboxylic acids is 1. The lowest BCUT2D eigenvalue weighted by atomic mass is 10.1. The van der Waals surface area contributed by atoms with Gasteiger partial charge in [-0.25, -0.2) is 0 Å². The van der Waals surface area contributed by atoms with Crippen molar-refractivity contribution in [3.05, 3.63) is 80.9 Å². The Bertz CT molecular complexity index is 1250. The molecule has 1 amide bonds. The Morgan fingerprint density at radius 2 is 1.86 bits per heavy atom. The van der Waals surface area contributed by atoms with Gasteiger partial charge in [0.25, 0.3) is 5.91 Å². The second-order valence-corrected chi connectivity index (χ2v) is 7.30. The molecule has 5 nitrogen and oxygen atoms in total. The van der Waals surface area contributed by atoms with Crippen molar-refractivity contribution < 1.29 is 13.9 Å². The van der Waals surface area contributed by atoms with Crippen molar-refractivity contribution in [2.75, 3.05) is 11.9 Å². The van der Waals surface area contributed by atoms with Crippen LogP contribution in [0.5, 0.6) is 5.75 Å². The van der Waals surface area contributed by atoms with Crippen LogP contribution >= 0.6 is 15.9 Å². The fraction of sp³-hybridized carbons (Fsp3) is 0.0909. The number of amides is 1. The largest absolute Gasteiger partial charge is 0.484 e. The maximum Gasteiger partial charge on any atom is 0.262 e. The van der Waals surface area contributed by atoms with Gasteiger partial charge in [0.05, 0.1) is 10.8 Å². The van der Waals surface area contributed by atoms with Gasteiger partial charge in [-0.15, -0.1) is 0 Å². The summed E-state index contributed by atoms with van der Waals surface area (Å²) in [6, 6.07) is 17.7. The van der Waals surface area contributed by atoms with Crippen LogP contribution in [0, 0.1) is 6.92 Å². The van der Waals surface area contributed by atoms with Crippen molar-refractivity contribution in [3.63, 3.8) is 0 Å². The van der Waals surface area contributed by atoms with E-state index in [1.807, 2.05) is 31.2 Å². The number of ether oxygens (including phenoxy) is 1. The minimum Gasteiger partial charge on any atom is -0.484 e. The Morgan fingerprint density at radius 3 is 2.64 bits per heavy atom. The second kappa shape index (κ2) is 7.48. The van der Waals surface area contributed by atoms with Crippen LogP contribution < -0.4 is 15.5 Å². The Kier molecular flexibility index (Phi) is 4.88. The zero-order chi connectivity index (χ0) is 19.7. The molecule has 1 N–H and O–H groups in total. The fourth-order valence-electron chi connectivity index (χ4n) is 2.97. The van der Waals surface area contributed by atoms with Gasteiger partial charge < -0.3 is 14.5 Å². The van der Waals surface area contributed by atoms with E-state index in [1.165, 1.54) is 0 Å². The second-order valence-electron chi connectivity index (χ2n) is 6.38. The first kappa shape index (κ1) is 18.3. The first-order valence-electron chi connectivity index (χ1n) is 8.66. The monoisotopic (exact) mass is 437 g/mol. The third-order valence-corrected chi connectivity index (χ3v) is 4.89. The van der Waals surface area contributed by atoms with E-state index in [4.69, 9.17) is 9.15 Å². The van der Waals surface area contributed by atoms with Gasteiger partial charge in [0, 0.05) is 16.2 Å². The van der Waals surface area contributed by atoms with Crippen molar-refractivity contribution in [1.29, 1.82) is 0 Å². The van der Waals surface area contributed by atoms with E-state index in [1.54, 1.807) is 36.4 Å². The number of aryl methyl sites for hydroxylation is 1. The molecular weight excluding hydrogens is 422 g/mol. The number of carbonyl (C=O) groups is 1. The van der Waals surface area contributed by atoms with Gasteiger partial charge in [0.2, 0.25) is 5.43 Å². The van der Waals surface area contributed by atoms with Gasteiger partial charge in [-0.2, -0.15) is 0 Å². The van der Waals surface area contributed by atoms with E-state index in [2.05, 4.69) is 21.2 Å². The van der Waals surface area contributed by atoms with Crippen LogP contribution in [-0.2, 0) is 4.79 Å². The number of hydrogen-bond donors (Lipinski definition) is 1. The Labute approximate surface area is 169 Å². The molecule has 4 aromatic rings. The molecule has 0 radical (unpaired) electrons. The quantitative estimate of drug-likeness (QED) is 0.454. The van der Waals surface area contributed by atoms with Gasteiger partial charge >= 0.3 is 0 Å². The first-order valence-corrected chi connectivity index (χ1v) is 9.45. The summed E-state index contributed by atoms with van der Waals surface area (Å²) in [6.07, 6.45) is 0. The highest BCUT2D eigenvalue weighted by Gasteiger charge is 2.11. The average Bonchev–Trinajstić information content (AvgIpc) is 2.68. The number of nitrogens with one attached hydrogen (secondary N) is 1. The molecule has 3 aromatic carbocycles. The molecule has 0 spiro atoms. The molecule has 0 fully saturated rings. The molecule has 0 saturated heterocycles. The average molecular weight is 438 g/mol.